The van der Waals surface area contributed by atoms with Crippen molar-refractivity contribution in [1.29, 1.82) is 0 Å². The molecule has 0 saturated heterocycles. The van der Waals surface area contributed by atoms with Crippen molar-refractivity contribution in [3.05, 3.63) is 11.6 Å². The molecular weight excluding hydrogens is 216 g/mol. The van der Waals surface area contributed by atoms with Crippen LogP contribution in [-0.4, -0.2) is 0 Å². The minimum Gasteiger partial charge on any atom is -0.0850 e. The second-order valence-electron chi connectivity index (χ2n) is 7.87. The molecule has 0 nitrogen and oxygen atoms in total. The van der Waals surface area contributed by atoms with E-state index in [1.54, 1.807) is 19.3 Å². The highest BCUT2D eigenvalue weighted by atomic mass is 14.6. The lowest BCUT2D eigenvalue weighted by atomic mass is 9.52. The first-order valence-corrected chi connectivity index (χ1v) is 8.47. The molecule has 3 fully saturated rings. The van der Waals surface area contributed by atoms with Gasteiger partial charge in [-0.05, 0) is 86.9 Å². The first-order valence-electron chi connectivity index (χ1n) is 8.47. The third-order valence-corrected chi connectivity index (χ3v) is 7.16. The normalized spacial score (nSPS) is 51.1. The van der Waals surface area contributed by atoms with E-state index in [-0.39, 0.29) is 0 Å². The van der Waals surface area contributed by atoms with Crippen molar-refractivity contribution < 1.29 is 0 Å². The Labute approximate surface area is 112 Å². The summed E-state index contributed by atoms with van der Waals surface area (Å²) in [5.41, 5.74) is 2.63. The standard InChI is InChI=1S/C18H28/c1-18-11-4-7-17(18)16-9-8-13-5-2-3-6-14(13)15(16)10-12-18/h5,14-17H,2-4,6-12H2,1H3/t14-,15+,16+,17-,18-/m0/s1. The van der Waals surface area contributed by atoms with Crippen molar-refractivity contribution in [2.45, 2.75) is 71.1 Å². The molecule has 0 aromatic heterocycles. The molecule has 0 heteroatoms. The van der Waals surface area contributed by atoms with Crippen LogP contribution in [0.3, 0.4) is 0 Å². The van der Waals surface area contributed by atoms with Crippen molar-refractivity contribution >= 4 is 0 Å². The summed E-state index contributed by atoms with van der Waals surface area (Å²) in [6, 6.07) is 0. The zero-order chi connectivity index (χ0) is 12.2. The van der Waals surface area contributed by atoms with Crippen LogP contribution >= 0.6 is 0 Å². The highest BCUT2D eigenvalue weighted by Crippen LogP contribution is 2.61. The Kier molecular flexibility index (Phi) is 2.64. The fourth-order valence-corrected chi connectivity index (χ4v) is 6.30. The molecule has 0 aromatic carbocycles. The van der Waals surface area contributed by atoms with Gasteiger partial charge in [-0.3, -0.25) is 0 Å². The third kappa shape index (κ3) is 1.57. The molecule has 0 N–H and O–H groups in total. The van der Waals surface area contributed by atoms with Crippen LogP contribution in [0.15, 0.2) is 11.6 Å². The van der Waals surface area contributed by atoms with Crippen LogP contribution in [0.4, 0.5) is 0 Å². The van der Waals surface area contributed by atoms with Gasteiger partial charge in [0.2, 0.25) is 0 Å². The minimum atomic E-state index is 0.747. The largest absolute Gasteiger partial charge is 0.0850 e. The quantitative estimate of drug-likeness (QED) is 0.505. The first kappa shape index (κ1) is 11.6. The molecule has 0 spiro atoms. The lowest BCUT2D eigenvalue weighted by Gasteiger charge is -2.53. The van der Waals surface area contributed by atoms with Gasteiger partial charge in [-0.1, -0.05) is 25.0 Å². The molecule has 5 atom stereocenters. The minimum absolute atomic E-state index is 0.747. The van der Waals surface area contributed by atoms with E-state index in [4.69, 9.17) is 0 Å². The smallest absolute Gasteiger partial charge is 0.0172 e. The zero-order valence-corrected chi connectivity index (χ0v) is 12.0. The molecule has 0 aliphatic heterocycles. The van der Waals surface area contributed by atoms with Crippen LogP contribution in [0, 0.1) is 29.1 Å². The Bertz CT molecular complexity index is 366. The van der Waals surface area contributed by atoms with E-state index in [0.29, 0.717) is 0 Å². The molecule has 4 aliphatic carbocycles. The summed E-state index contributed by atoms with van der Waals surface area (Å²) in [6.07, 6.45) is 17.7. The van der Waals surface area contributed by atoms with Crippen molar-refractivity contribution in [1.82, 2.24) is 0 Å². The van der Waals surface area contributed by atoms with Crippen LogP contribution in [0.25, 0.3) is 0 Å². The van der Waals surface area contributed by atoms with Gasteiger partial charge in [-0.2, -0.15) is 0 Å². The Morgan fingerprint density at radius 2 is 1.94 bits per heavy atom. The van der Waals surface area contributed by atoms with E-state index in [9.17, 15) is 0 Å². The Morgan fingerprint density at radius 3 is 2.89 bits per heavy atom. The molecule has 0 amide bonds. The highest BCUT2D eigenvalue weighted by molar-refractivity contribution is 5.17. The van der Waals surface area contributed by atoms with E-state index >= 15 is 0 Å². The average molecular weight is 244 g/mol. The molecule has 4 rings (SSSR count). The first-order chi connectivity index (χ1) is 8.78. The molecule has 0 bridgehead atoms. The van der Waals surface area contributed by atoms with Gasteiger partial charge in [0.15, 0.2) is 0 Å². The highest BCUT2D eigenvalue weighted by Gasteiger charge is 2.51. The van der Waals surface area contributed by atoms with E-state index < -0.39 is 0 Å². The van der Waals surface area contributed by atoms with Gasteiger partial charge < -0.3 is 0 Å². The van der Waals surface area contributed by atoms with Gasteiger partial charge in [0.1, 0.15) is 0 Å². The van der Waals surface area contributed by atoms with E-state index in [1.807, 2.05) is 5.57 Å². The van der Waals surface area contributed by atoms with Gasteiger partial charge in [0.05, 0.1) is 0 Å². The maximum atomic E-state index is 2.62. The van der Waals surface area contributed by atoms with Gasteiger partial charge in [0, 0.05) is 0 Å². The van der Waals surface area contributed by atoms with Crippen LogP contribution < -0.4 is 0 Å². The number of rotatable bonds is 0. The van der Waals surface area contributed by atoms with Crippen LogP contribution in [0.2, 0.25) is 0 Å². The Hall–Kier alpha value is -0.260. The monoisotopic (exact) mass is 244 g/mol. The van der Waals surface area contributed by atoms with Crippen molar-refractivity contribution in [3.63, 3.8) is 0 Å². The number of fused-ring (bicyclic) bond motifs is 5. The van der Waals surface area contributed by atoms with Gasteiger partial charge >= 0.3 is 0 Å². The molecule has 0 aromatic rings. The van der Waals surface area contributed by atoms with Crippen molar-refractivity contribution in [2.24, 2.45) is 29.1 Å². The summed E-state index contributed by atoms with van der Waals surface area (Å²) in [5.74, 6) is 4.30. The number of hydrogen-bond donors (Lipinski definition) is 0. The maximum Gasteiger partial charge on any atom is -0.0172 e. The molecule has 100 valence electrons. The molecular formula is C18H28. The van der Waals surface area contributed by atoms with Gasteiger partial charge in [-0.15, -0.1) is 0 Å². The number of hydrogen-bond acceptors (Lipinski definition) is 0. The van der Waals surface area contributed by atoms with E-state index in [0.717, 1.165) is 29.1 Å². The summed E-state index contributed by atoms with van der Waals surface area (Å²) in [4.78, 5) is 0. The predicted molar refractivity (Wildman–Crippen MR) is 76.3 cm³/mol. The maximum absolute atomic E-state index is 2.62. The fourth-order valence-electron chi connectivity index (χ4n) is 6.30. The topological polar surface area (TPSA) is 0 Å². The van der Waals surface area contributed by atoms with Crippen LogP contribution in [0.1, 0.15) is 71.1 Å². The lowest BCUT2D eigenvalue weighted by molar-refractivity contribution is -0.00114. The fraction of sp³-hybridized carbons (Fsp3) is 0.889. The molecule has 0 radical (unpaired) electrons. The molecule has 0 unspecified atom stereocenters. The second-order valence-corrected chi connectivity index (χ2v) is 7.87. The van der Waals surface area contributed by atoms with Gasteiger partial charge in [-0.25, -0.2) is 0 Å². The summed E-state index contributed by atoms with van der Waals surface area (Å²) >= 11 is 0. The van der Waals surface area contributed by atoms with Gasteiger partial charge in [0.25, 0.3) is 0 Å². The molecule has 0 heterocycles. The van der Waals surface area contributed by atoms with Crippen LogP contribution in [-0.2, 0) is 0 Å². The summed E-state index contributed by atoms with van der Waals surface area (Å²) in [6.45, 7) is 2.62. The predicted octanol–water partition coefficient (Wildman–Crippen LogP) is 5.34. The molecule has 18 heavy (non-hydrogen) atoms. The summed E-state index contributed by atoms with van der Waals surface area (Å²) in [7, 11) is 0. The summed E-state index contributed by atoms with van der Waals surface area (Å²) < 4.78 is 0. The Balaban J connectivity index is 1.63. The van der Waals surface area contributed by atoms with Crippen molar-refractivity contribution in [2.75, 3.05) is 0 Å². The van der Waals surface area contributed by atoms with Crippen molar-refractivity contribution in [3.8, 4) is 0 Å². The SMILES string of the molecule is C[C@@]12CCC[C@H]1[C@@H]1CCC3=CCCC[C@@H]3[C@H]1CC2. The average Bonchev–Trinajstić information content (AvgIpc) is 2.80. The van der Waals surface area contributed by atoms with Crippen LogP contribution in [0.5, 0.6) is 0 Å². The Morgan fingerprint density at radius 1 is 1.00 bits per heavy atom. The third-order valence-electron chi connectivity index (χ3n) is 7.16. The molecule has 3 saturated carbocycles. The second kappa shape index (κ2) is 4.12. The number of allylic oxidation sites excluding steroid dienone is 2. The van der Waals surface area contributed by atoms with E-state index in [2.05, 4.69) is 13.0 Å². The molecule has 4 aliphatic rings. The summed E-state index contributed by atoms with van der Waals surface area (Å²) in [5, 5.41) is 0. The lowest BCUT2D eigenvalue weighted by Crippen LogP contribution is -2.44. The zero-order valence-electron chi connectivity index (χ0n) is 12.0. The van der Waals surface area contributed by atoms with E-state index in [1.165, 1.54) is 44.9 Å².